The second kappa shape index (κ2) is 11.5. The van der Waals surface area contributed by atoms with E-state index in [-0.39, 0.29) is 30.0 Å². The van der Waals surface area contributed by atoms with Crippen LogP contribution in [-0.4, -0.2) is 33.3 Å². The predicted molar refractivity (Wildman–Crippen MR) is 146 cm³/mol. The van der Waals surface area contributed by atoms with E-state index in [2.05, 4.69) is 10.6 Å². The Hall–Kier alpha value is -4.79. The van der Waals surface area contributed by atoms with Gasteiger partial charge in [0.05, 0.1) is 23.0 Å². The number of nitrogens with zero attached hydrogens (tertiary/aromatic N) is 2. The summed E-state index contributed by atoms with van der Waals surface area (Å²) in [6, 6.07) is 19.7. The summed E-state index contributed by atoms with van der Waals surface area (Å²) in [5.74, 6) is -0.732. The maximum Gasteiger partial charge on any atom is 0.336 e. The minimum atomic E-state index is -0.672. The first-order chi connectivity index (χ1) is 18.3. The third kappa shape index (κ3) is 5.78. The summed E-state index contributed by atoms with van der Waals surface area (Å²) >= 11 is 0. The summed E-state index contributed by atoms with van der Waals surface area (Å²) in [7, 11) is 0. The molecule has 9 nitrogen and oxygen atoms in total. The Labute approximate surface area is 218 Å². The van der Waals surface area contributed by atoms with Crippen LogP contribution in [0.1, 0.15) is 36.2 Å². The number of hydrogen-bond donors (Lipinski definition) is 2. The van der Waals surface area contributed by atoms with E-state index >= 15 is 0 Å². The molecule has 2 amide bonds. The Kier molecular flexibility index (Phi) is 7.96. The van der Waals surface area contributed by atoms with Crippen molar-refractivity contribution < 1.29 is 14.4 Å². The normalized spacial score (nSPS) is 10.8. The highest BCUT2D eigenvalue weighted by Crippen LogP contribution is 2.14. The predicted octanol–water partition coefficient (Wildman–Crippen LogP) is 3.06. The second-order valence-electron chi connectivity index (χ2n) is 8.90. The highest BCUT2D eigenvalue weighted by molar-refractivity contribution is 5.97. The number of rotatable bonds is 9. The number of para-hydroxylation sites is 1. The van der Waals surface area contributed by atoms with E-state index < -0.39 is 17.2 Å². The Morgan fingerprint density at radius 2 is 1.61 bits per heavy atom. The first kappa shape index (κ1) is 26.3. The average molecular weight is 513 g/mol. The molecule has 0 saturated heterocycles. The van der Waals surface area contributed by atoms with Crippen molar-refractivity contribution in [3.63, 3.8) is 0 Å². The molecular weight excluding hydrogens is 484 g/mol. The lowest BCUT2D eigenvalue weighted by Gasteiger charge is -2.15. The molecule has 1 aromatic heterocycles. The number of anilines is 1. The fourth-order valence-electron chi connectivity index (χ4n) is 4.14. The topological polar surface area (TPSA) is 119 Å². The van der Waals surface area contributed by atoms with Crippen LogP contribution in [0.3, 0.4) is 0 Å². The summed E-state index contributed by atoms with van der Waals surface area (Å²) in [6.45, 7) is 3.65. The van der Waals surface area contributed by atoms with Gasteiger partial charge in [0.15, 0.2) is 5.78 Å². The molecule has 0 radical (unpaired) electrons. The molecule has 4 aromatic rings. The van der Waals surface area contributed by atoms with Crippen LogP contribution in [0.25, 0.3) is 16.6 Å². The van der Waals surface area contributed by atoms with Gasteiger partial charge in [0.25, 0.3) is 5.56 Å². The number of amides is 2. The maximum absolute atomic E-state index is 13.6. The van der Waals surface area contributed by atoms with Crippen LogP contribution in [0.2, 0.25) is 0 Å². The monoisotopic (exact) mass is 512 g/mol. The molecule has 38 heavy (non-hydrogen) atoms. The number of Topliss-reactive ketones (excluding diaryl/α,β-unsaturated/α-hetero) is 1. The van der Waals surface area contributed by atoms with Gasteiger partial charge in [0.2, 0.25) is 11.8 Å². The van der Waals surface area contributed by atoms with E-state index in [9.17, 15) is 24.0 Å². The van der Waals surface area contributed by atoms with Gasteiger partial charge in [-0.15, -0.1) is 0 Å². The van der Waals surface area contributed by atoms with E-state index in [4.69, 9.17) is 0 Å². The third-order valence-corrected chi connectivity index (χ3v) is 6.04. The van der Waals surface area contributed by atoms with Gasteiger partial charge >= 0.3 is 5.69 Å². The third-order valence-electron chi connectivity index (χ3n) is 6.04. The van der Waals surface area contributed by atoms with E-state index in [1.807, 2.05) is 6.92 Å². The van der Waals surface area contributed by atoms with Crippen LogP contribution >= 0.6 is 0 Å². The first-order valence-electron chi connectivity index (χ1n) is 12.3. The Balaban J connectivity index is 1.68. The first-order valence-corrected chi connectivity index (χ1v) is 12.3. The Morgan fingerprint density at radius 3 is 2.32 bits per heavy atom. The van der Waals surface area contributed by atoms with Crippen molar-refractivity contribution in [2.24, 2.45) is 0 Å². The molecule has 0 aliphatic carbocycles. The molecule has 2 N–H and O–H groups in total. The van der Waals surface area contributed by atoms with Crippen LogP contribution < -0.4 is 21.9 Å². The van der Waals surface area contributed by atoms with Crippen molar-refractivity contribution in [1.29, 1.82) is 0 Å². The molecule has 0 saturated carbocycles. The zero-order chi connectivity index (χ0) is 27.2. The van der Waals surface area contributed by atoms with Gasteiger partial charge in [-0.2, -0.15) is 0 Å². The summed E-state index contributed by atoms with van der Waals surface area (Å²) in [6.07, 6.45) is 1.02. The van der Waals surface area contributed by atoms with Gasteiger partial charge in [-0.25, -0.2) is 9.36 Å². The van der Waals surface area contributed by atoms with E-state index in [0.717, 1.165) is 16.6 Å². The molecule has 194 valence electrons. The lowest BCUT2D eigenvalue weighted by molar-refractivity contribution is -0.120. The minimum Gasteiger partial charge on any atom is -0.356 e. The van der Waals surface area contributed by atoms with Crippen molar-refractivity contribution in [2.45, 2.75) is 33.2 Å². The zero-order valence-electron chi connectivity index (χ0n) is 21.2. The second-order valence-corrected chi connectivity index (χ2v) is 8.90. The van der Waals surface area contributed by atoms with Crippen molar-refractivity contribution in [3.8, 4) is 5.69 Å². The average Bonchev–Trinajstić information content (AvgIpc) is 2.91. The SMILES string of the molecule is CCCNC(=O)Cc1ccc(-n2c(=O)c3ccccc3n(CC(=O)Nc3cccc(C(C)=O)c3)c2=O)cc1. The molecule has 4 rings (SSSR count). The number of nitrogens with one attached hydrogen (secondary N) is 2. The minimum absolute atomic E-state index is 0.107. The molecular formula is C29H28N4O5. The van der Waals surface area contributed by atoms with Gasteiger partial charge in [-0.05, 0) is 55.3 Å². The summed E-state index contributed by atoms with van der Waals surface area (Å²) in [4.78, 5) is 63.5. The lowest BCUT2D eigenvalue weighted by Crippen LogP contribution is -2.40. The Morgan fingerprint density at radius 1 is 0.868 bits per heavy atom. The number of hydrogen-bond acceptors (Lipinski definition) is 5. The standard InChI is InChI=1S/C29H28N4O5/c1-3-15-30-26(35)16-20-11-13-23(14-12-20)33-28(37)24-9-4-5-10-25(24)32(29(33)38)18-27(36)31-22-8-6-7-21(17-22)19(2)34/h4-14,17H,3,15-16,18H2,1-2H3,(H,30,35)(H,31,36). The van der Waals surface area contributed by atoms with E-state index in [1.165, 1.54) is 11.5 Å². The van der Waals surface area contributed by atoms with Crippen LogP contribution in [0.4, 0.5) is 5.69 Å². The highest BCUT2D eigenvalue weighted by Gasteiger charge is 2.17. The van der Waals surface area contributed by atoms with Crippen LogP contribution in [-0.2, 0) is 22.6 Å². The zero-order valence-corrected chi connectivity index (χ0v) is 21.2. The summed E-state index contributed by atoms with van der Waals surface area (Å²) in [5, 5.41) is 5.81. The quantitative estimate of drug-likeness (QED) is 0.334. The fourth-order valence-corrected chi connectivity index (χ4v) is 4.14. The van der Waals surface area contributed by atoms with Gasteiger partial charge < -0.3 is 10.6 Å². The molecule has 0 bridgehead atoms. The maximum atomic E-state index is 13.6. The van der Waals surface area contributed by atoms with E-state index in [0.29, 0.717) is 29.0 Å². The summed E-state index contributed by atoms with van der Waals surface area (Å²) in [5.41, 5.74) is 1.09. The van der Waals surface area contributed by atoms with E-state index in [1.54, 1.807) is 72.8 Å². The molecule has 3 aromatic carbocycles. The Bertz CT molecular complexity index is 1630. The highest BCUT2D eigenvalue weighted by atomic mass is 16.2. The number of ketones is 1. The molecule has 0 fully saturated rings. The number of fused-ring (bicyclic) bond motifs is 1. The van der Waals surface area contributed by atoms with Crippen LogP contribution in [0.15, 0.2) is 82.4 Å². The van der Waals surface area contributed by atoms with Gasteiger partial charge in [-0.1, -0.05) is 43.3 Å². The molecule has 1 heterocycles. The molecule has 0 unspecified atom stereocenters. The molecule has 0 aliphatic rings. The summed E-state index contributed by atoms with van der Waals surface area (Å²) < 4.78 is 2.26. The number of aromatic nitrogens is 2. The smallest absolute Gasteiger partial charge is 0.336 e. The van der Waals surface area contributed by atoms with Crippen LogP contribution in [0.5, 0.6) is 0 Å². The number of benzene rings is 3. The van der Waals surface area contributed by atoms with Gasteiger partial charge in [0.1, 0.15) is 6.54 Å². The largest absolute Gasteiger partial charge is 0.356 e. The van der Waals surface area contributed by atoms with Crippen molar-refractivity contribution in [1.82, 2.24) is 14.5 Å². The van der Waals surface area contributed by atoms with Crippen molar-refractivity contribution >= 4 is 34.2 Å². The number of carbonyl (C=O) groups excluding carboxylic acids is 3. The molecule has 0 aliphatic heterocycles. The number of carbonyl (C=O) groups is 3. The molecule has 0 atom stereocenters. The van der Waals surface area contributed by atoms with Crippen molar-refractivity contribution in [3.05, 3.63) is 105 Å². The van der Waals surface area contributed by atoms with Gasteiger partial charge in [-0.3, -0.25) is 23.7 Å². The molecule has 9 heteroatoms. The van der Waals surface area contributed by atoms with Gasteiger partial charge in [0, 0.05) is 17.8 Å². The lowest BCUT2D eigenvalue weighted by atomic mass is 10.1. The van der Waals surface area contributed by atoms with Crippen LogP contribution in [0, 0.1) is 0 Å². The van der Waals surface area contributed by atoms with Crippen molar-refractivity contribution in [2.75, 3.05) is 11.9 Å². The molecule has 0 spiro atoms. The fraction of sp³-hybridized carbons (Fsp3) is 0.207.